The molecule has 0 radical (unpaired) electrons. The summed E-state index contributed by atoms with van der Waals surface area (Å²) in [6, 6.07) is 10.8. The molecule has 30 heavy (non-hydrogen) atoms. The molecule has 0 saturated heterocycles. The topological polar surface area (TPSA) is 119 Å². The minimum Gasteiger partial charge on any atom is -0.497 e. The molecule has 162 valence electrons. The van der Waals surface area contributed by atoms with Crippen molar-refractivity contribution in [3.63, 3.8) is 0 Å². The van der Waals surface area contributed by atoms with Crippen LogP contribution in [-0.2, 0) is 14.8 Å². The summed E-state index contributed by atoms with van der Waals surface area (Å²) in [6.07, 6.45) is 1.55. The van der Waals surface area contributed by atoms with Gasteiger partial charge in [0.1, 0.15) is 12.3 Å². The molecule has 2 aromatic rings. The third-order valence-electron chi connectivity index (χ3n) is 4.62. The molecule has 1 amide bonds. The van der Waals surface area contributed by atoms with Crippen LogP contribution in [0.25, 0.3) is 0 Å². The molecule has 0 aliphatic carbocycles. The van der Waals surface area contributed by atoms with Crippen LogP contribution in [0.1, 0.15) is 30.5 Å². The first-order valence-electron chi connectivity index (χ1n) is 9.22. The lowest BCUT2D eigenvalue weighted by Gasteiger charge is -2.25. The number of carbonyl (C=O) groups is 1. The zero-order valence-corrected chi connectivity index (χ0v) is 18.1. The molecular weight excluding hydrogens is 410 g/mol. The summed E-state index contributed by atoms with van der Waals surface area (Å²) in [5.41, 5.74) is 1.19. The minimum absolute atomic E-state index is 0.0966. The Hall–Kier alpha value is -3.14. The number of anilines is 1. The molecule has 0 unspecified atom stereocenters. The molecule has 0 aliphatic rings. The quantitative estimate of drug-likeness (QED) is 0.478. The summed E-state index contributed by atoms with van der Waals surface area (Å²) < 4.78 is 30.7. The Morgan fingerprint density at radius 3 is 2.37 bits per heavy atom. The molecule has 1 atom stereocenters. The standard InChI is InChI=1S/C20H25N3O6S/c1-5-18(15-7-10-17(29-3)11-8-15)21-20(24)13-22(30(4,27)28)19-12-16(23(25)26)9-6-14(19)2/h6-12,18H,5,13H2,1-4H3,(H,21,24)/t18-/m0/s1. The highest BCUT2D eigenvalue weighted by Crippen LogP contribution is 2.27. The van der Waals surface area contributed by atoms with Crippen molar-refractivity contribution in [3.8, 4) is 5.75 Å². The van der Waals surface area contributed by atoms with Crippen LogP contribution in [-0.4, -0.2) is 39.2 Å². The van der Waals surface area contributed by atoms with E-state index in [-0.39, 0.29) is 17.4 Å². The Balaban J connectivity index is 2.27. The maximum absolute atomic E-state index is 12.7. The number of non-ortho nitro benzene ring substituents is 1. The number of amides is 1. The van der Waals surface area contributed by atoms with Gasteiger partial charge < -0.3 is 10.1 Å². The second kappa shape index (κ2) is 9.57. The number of nitro benzene ring substituents is 1. The predicted octanol–water partition coefficient (Wildman–Crippen LogP) is 2.95. The Labute approximate surface area is 175 Å². The zero-order valence-electron chi connectivity index (χ0n) is 17.3. The van der Waals surface area contributed by atoms with Gasteiger partial charge in [0.05, 0.1) is 30.0 Å². The molecule has 0 fully saturated rings. The highest BCUT2D eigenvalue weighted by atomic mass is 32.2. The van der Waals surface area contributed by atoms with E-state index in [0.29, 0.717) is 17.7 Å². The summed E-state index contributed by atoms with van der Waals surface area (Å²) in [4.78, 5) is 23.2. The van der Waals surface area contributed by atoms with Crippen LogP contribution < -0.4 is 14.4 Å². The molecule has 0 heterocycles. The molecule has 2 aromatic carbocycles. The van der Waals surface area contributed by atoms with Crippen LogP contribution >= 0.6 is 0 Å². The van der Waals surface area contributed by atoms with Crippen molar-refractivity contribution in [3.05, 3.63) is 63.7 Å². The first kappa shape index (κ1) is 23.1. The largest absolute Gasteiger partial charge is 0.497 e. The highest BCUT2D eigenvalue weighted by molar-refractivity contribution is 7.92. The van der Waals surface area contributed by atoms with Crippen molar-refractivity contribution in [1.29, 1.82) is 0 Å². The van der Waals surface area contributed by atoms with E-state index in [1.807, 2.05) is 19.1 Å². The third kappa shape index (κ3) is 5.69. The summed E-state index contributed by atoms with van der Waals surface area (Å²) in [5, 5.41) is 13.9. The van der Waals surface area contributed by atoms with E-state index < -0.39 is 27.4 Å². The van der Waals surface area contributed by atoms with E-state index in [2.05, 4.69) is 5.32 Å². The number of aryl methyl sites for hydroxylation is 1. The average Bonchev–Trinajstić information content (AvgIpc) is 2.70. The number of rotatable bonds is 9. The maximum atomic E-state index is 12.7. The van der Waals surface area contributed by atoms with Crippen molar-refractivity contribution in [2.24, 2.45) is 0 Å². The van der Waals surface area contributed by atoms with Crippen LogP contribution in [0.2, 0.25) is 0 Å². The third-order valence-corrected chi connectivity index (χ3v) is 5.75. The number of nitro groups is 1. The van der Waals surface area contributed by atoms with Gasteiger partial charge in [0.15, 0.2) is 0 Å². The van der Waals surface area contributed by atoms with Crippen molar-refractivity contribution < 1.29 is 22.9 Å². The van der Waals surface area contributed by atoms with Crippen LogP contribution in [0.15, 0.2) is 42.5 Å². The lowest BCUT2D eigenvalue weighted by molar-refractivity contribution is -0.384. The van der Waals surface area contributed by atoms with Crippen molar-refractivity contribution in [2.75, 3.05) is 24.2 Å². The van der Waals surface area contributed by atoms with Crippen LogP contribution in [0.4, 0.5) is 11.4 Å². The second-order valence-electron chi connectivity index (χ2n) is 6.80. The van der Waals surface area contributed by atoms with Gasteiger partial charge in [-0.15, -0.1) is 0 Å². The Morgan fingerprint density at radius 2 is 1.87 bits per heavy atom. The first-order chi connectivity index (χ1) is 14.1. The molecule has 0 aromatic heterocycles. The van der Waals surface area contributed by atoms with Crippen molar-refractivity contribution in [1.82, 2.24) is 5.32 Å². The molecule has 0 spiro atoms. The Morgan fingerprint density at radius 1 is 1.23 bits per heavy atom. The van der Waals surface area contributed by atoms with Gasteiger partial charge in [-0.3, -0.25) is 19.2 Å². The predicted molar refractivity (Wildman–Crippen MR) is 114 cm³/mol. The molecule has 0 aliphatic heterocycles. The number of ether oxygens (including phenoxy) is 1. The van der Waals surface area contributed by atoms with Crippen molar-refractivity contribution in [2.45, 2.75) is 26.3 Å². The fourth-order valence-corrected chi connectivity index (χ4v) is 3.89. The van der Waals surface area contributed by atoms with Gasteiger partial charge in [-0.2, -0.15) is 0 Å². The lowest BCUT2D eigenvalue weighted by atomic mass is 10.0. The van der Waals surface area contributed by atoms with Gasteiger partial charge >= 0.3 is 0 Å². The highest BCUT2D eigenvalue weighted by Gasteiger charge is 2.25. The fourth-order valence-electron chi connectivity index (χ4n) is 2.99. The fraction of sp³-hybridized carbons (Fsp3) is 0.350. The molecule has 10 heteroatoms. The van der Waals surface area contributed by atoms with E-state index >= 15 is 0 Å². The number of methoxy groups -OCH3 is 1. The molecule has 9 nitrogen and oxygen atoms in total. The smallest absolute Gasteiger partial charge is 0.271 e. The van der Waals surface area contributed by atoms with E-state index in [0.717, 1.165) is 22.2 Å². The molecule has 0 bridgehead atoms. The summed E-state index contributed by atoms with van der Waals surface area (Å²) in [5.74, 6) is 0.165. The summed E-state index contributed by atoms with van der Waals surface area (Å²) in [6.45, 7) is 3.03. The van der Waals surface area contributed by atoms with Gasteiger partial charge in [-0.1, -0.05) is 25.1 Å². The van der Waals surface area contributed by atoms with E-state index in [4.69, 9.17) is 4.74 Å². The minimum atomic E-state index is -3.86. The van der Waals surface area contributed by atoms with Gasteiger partial charge in [0, 0.05) is 12.1 Å². The number of hydrogen-bond acceptors (Lipinski definition) is 6. The average molecular weight is 436 g/mol. The van der Waals surface area contributed by atoms with Gasteiger partial charge in [-0.05, 0) is 36.6 Å². The zero-order chi connectivity index (χ0) is 22.5. The van der Waals surface area contributed by atoms with Crippen molar-refractivity contribution >= 4 is 27.3 Å². The number of benzene rings is 2. The molecular formula is C20H25N3O6S. The van der Waals surface area contributed by atoms with E-state index in [1.54, 1.807) is 26.2 Å². The van der Waals surface area contributed by atoms with Gasteiger partial charge in [0.25, 0.3) is 5.69 Å². The van der Waals surface area contributed by atoms with Gasteiger partial charge in [-0.25, -0.2) is 8.42 Å². The van der Waals surface area contributed by atoms with E-state index in [1.165, 1.54) is 12.1 Å². The summed E-state index contributed by atoms with van der Waals surface area (Å²) >= 11 is 0. The Bertz CT molecular complexity index is 1020. The number of hydrogen-bond donors (Lipinski definition) is 1. The Kier molecular flexibility index (Phi) is 7.38. The molecule has 0 saturated carbocycles. The second-order valence-corrected chi connectivity index (χ2v) is 8.71. The lowest BCUT2D eigenvalue weighted by Crippen LogP contribution is -2.41. The monoisotopic (exact) mass is 435 g/mol. The van der Waals surface area contributed by atoms with Crippen LogP contribution in [0, 0.1) is 17.0 Å². The molecule has 1 N–H and O–H groups in total. The van der Waals surface area contributed by atoms with E-state index in [9.17, 15) is 23.3 Å². The number of nitrogens with zero attached hydrogens (tertiary/aromatic N) is 2. The first-order valence-corrected chi connectivity index (χ1v) is 11.1. The number of sulfonamides is 1. The number of nitrogens with one attached hydrogen (secondary N) is 1. The molecule has 2 rings (SSSR count). The SMILES string of the molecule is CC[C@H](NC(=O)CN(c1cc([N+](=O)[O-])ccc1C)S(C)(=O)=O)c1ccc(OC)cc1. The number of carbonyl (C=O) groups excluding carboxylic acids is 1. The van der Waals surface area contributed by atoms with Crippen LogP contribution in [0.3, 0.4) is 0 Å². The summed E-state index contributed by atoms with van der Waals surface area (Å²) in [7, 11) is -2.30. The van der Waals surface area contributed by atoms with Crippen LogP contribution in [0.5, 0.6) is 5.75 Å². The normalized spacial score (nSPS) is 12.1. The maximum Gasteiger partial charge on any atom is 0.271 e. The van der Waals surface area contributed by atoms with Gasteiger partial charge in [0.2, 0.25) is 15.9 Å².